The second-order valence-electron chi connectivity index (χ2n) is 7.71. The molecule has 8 nitrogen and oxygen atoms in total. The third-order valence-electron chi connectivity index (χ3n) is 5.35. The van der Waals surface area contributed by atoms with Crippen LogP contribution in [0.2, 0.25) is 0 Å². The first-order chi connectivity index (χ1) is 16.6. The summed E-state index contributed by atoms with van der Waals surface area (Å²) < 4.78 is 0. The average molecular weight is 445 g/mol. The van der Waals surface area contributed by atoms with Gasteiger partial charge in [-0.15, -0.1) is 0 Å². The number of H-pyrrole nitrogens is 1. The van der Waals surface area contributed by atoms with E-state index >= 15 is 0 Å². The number of nitrogens with zero attached hydrogens (tertiary/aromatic N) is 4. The first-order valence-electron chi connectivity index (χ1n) is 10.5. The van der Waals surface area contributed by atoms with Crippen LogP contribution in [0.1, 0.15) is 21.6 Å². The standard InChI is InChI=1S/C26H19N7O/c1-16-4-7-20(30-25(34)24-12-18-6-5-17(14-27)11-23(18)31-24)13-22(16)33-26-29-10-8-21(32-26)19-3-2-9-28-15-19/h2-13,15,31H,1H3,(H,30,34)(H,29,32,33). The zero-order valence-electron chi connectivity index (χ0n) is 18.2. The highest BCUT2D eigenvalue weighted by atomic mass is 16.1. The predicted molar refractivity (Wildman–Crippen MR) is 131 cm³/mol. The Morgan fingerprint density at radius 3 is 2.79 bits per heavy atom. The molecule has 5 rings (SSSR count). The highest BCUT2D eigenvalue weighted by Gasteiger charge is 2.12. The minimum atomic E-state index is -0.278. The van der Waals surface area contributed by atoms with Crippen molar-refractivity contribution in [3.05, 3.63) is 96.1 Å². The molecule has 0 aliphatic heterocycles. The Morgan fingerprint density at radius 2 is 1.97 bits per heavy atom. The summed E-state index contributed by atoms with van der Waals surface area (Å²) in [5, 5.41) is 16.1. The molecule has 0 saturated heterocycles. The Labute approximate surface area is 195 Å². The number of anilines is 3. The lowest BCUT2D eigenvalue weighted by atomic mass is 10.1. The number of aryl methyl sites for hydroxylation is 1. The maximum atomic E-state index is 12.8. The summed E-state index contributed by atoms with van der Waals surface area (Å²) in [5.41, 5.74) is 5.70. The van der Waals surface area contributed by atoms with Crippen LogP contribution < -0.4 is 10.6 Å². The zero-order chi connectivity index (χ0) is 23.5. The highest BCUT2D eigenvalue weighted by molar-refractivity contribution is 6.06. The van der Waals surface area contributed by atoms with Crippen molar-refractivity contribution in [1.29, 1.82) is 5.26 Å². The van der Waals surface area contributed by atoms with Crippen molar-refractivity contribution in [3.63, 3.8) is 0 Å². The van der Waals surface area contributed by atoms with Crippen molar-refractivity contribution in [2.75, 3.05) is 10.6 Å². The Balaban J connectivity index is 1.36. The molecule has 0 bridgehead atoms. The van der Waals surface area contributed by atoms with Crippen molar-refractivity contribution in [2.45, 2.75) is 6.92 Å². The topological polar surface area (TPSA) is 119 Å². The molecule has 164 valence electrons. The van der Waals surface area contributed by atoms with E-state index < -0.39 is 0 Å². The molecule has 5 aromatic rings. The van der Waals surface area contributed by atoms with Gasteiger partial charge in [0, 0.05) is 46.4 Å². The lowest BCUT2D eigenvalue weighted by molar-refractivity contribution is 0.102. The lowest BCUT2D eigenvalue weighted by Gasteiger charge is -2.12. The van der Waals surface area contributed by atoms with Gasteiger partial charge in [-0.1, -0.05) is 12.1 Å². The van der Waals surface area contributed by atoms with Crippen LogP contribution >= 0.6 is 0 Å². The number of rotatable bonds is 5. The van der Waals surface area contributed by atoms with E-state index in [1.165, 1.54) is 0 Å². The lowest BCUT2D eigenvalue weighted by Crippen LogP contribution is -2.12. The molecular formula is C26H19N7O. The summed E-state index contributed by atoms with van der Waals surface area (Å²) in [6.45, 7) is 1.96. The molecule has 34 heavy (non-hydrogen) atoms. The van der Waals surface area contributed by atoms with Crippen LogP contribution in [0.4, 0.5) is 17.3 Å². The van der Waals surface area contributed by atoms with Crippen LogP contribution in [-0.2, 0) is 0 Å². The number of aromatic amines is 1. The van der Waals surface area contributed by atoms with E-state index in [9.17, 15) is 4.79 Å². The fourth-order valence-corrected chi connectivity index (χ4v) is 3.57. The molecule has 0 aliphatic rings. The van der Waals surface area contributed by atoms with Crippen LogP contribution in [0.5, 0.6) is 0 Å². The average Bonchev–Trinajstić information content (AvgIpc) is 3.30. The van der Waals surface area contributed by atoms with Crippen LogP contribution in [0.25, 0.3) is 22.2 Å². The summed E-state index contributed by atoms with van der Waals surface area (Å²) >= 11 is 0. The zero-order valence-corrected chi connectivity index (χ0v) is 18.2. The molecule has 0 unspecified atom stereocenters. The van der Waals surface area contributed by atoms with Crippen LogP contribution in [0.3, 0.4) is 0 Å². The molecule has 3 heterocycles. The summed E-state index contributed by atoms with van der Waals surface area (Å²) in [4.78, 5) is 28.9. The highest BCUT2D eigenvalue weighted by Crippen LogP contribution is 2.25. The maximum absolute atomic E-state index is 12.8. The quantitative estimate of drug-likeness (QED) is 0.342. The van der Waals surface area contributed by atoms with E-state index in [4.69, 9.17) is 5.26 Å². The maximum Gasteiger partial charge on any atom is 0.272 e. The number of hydrogen-bond donors (Lipinski definition) is 3. The first kappa shape index (κ1) is 20.8. The Bertz CT molecular complexity index is 1550. The molecule has 8 heteroatoms. The molecule has 2 aromatic carbocycles. The third-order valence-corrected chi connectivity index (χ3v) is 5.35. The largest absolute Gasteiger partial charge is 0.350 e. The van der Waals surface area contributed by atoms with Gasteiger partial charge in [0.2, 0.25) is 5.95 Å². The summed E-state index contributed by atoms with van der Waals surface area (Å²) in [5.74, 6) is 0.163. The van der Waals surface area contributed by atoms with Gasteiger partial charge in [-0.05, 0) is 61.0 Å². The minimum absolute atomic E-state index is 0.278. The number of benzene rings is 2. The molecule has 0 spiro atoms. The van der Waals surface area contributed by atoms with Gasteiger partial charge < -0.3 is 15.6 Å². The smallest absolute Gasteiger partial charge is 0.272 e. The predicted octanol–water partition coefficient (Wildman–Crippen LogP) is 5.20. The molecular weight excluding hydrogens is 426 g/mol. The second-order valence-corrected chi connectivity index (χ2v) is 7.71. The fourth-order valence-electron chi connectivity index (χ4n) is 3.57. The molecule has 0 saturated carbocycles. The van der Waals surface area contributed by atoms with Gasteiger partial charge in [-0.3, -0.25) is 9.78 Å². The second kappa shape index (κ2) is 8.84. The number of nitriles is 1. The Kier molecular flexibility index (Phi) is 5.42. The van der Waals surface area contributed by atoms with Crippen molar-refractivity contribution >= 4 is 34.1 Å². The van der Waals surface area contributed by atoms with Gasteiger partial charge in [0.15, 0.2) is 0 Å². The number of amides is 1. The van der Waals surface area contributed by atoms with E-state index in [2.05, 4.69) is 36.6 Å². The summed E-state index contributed by atoms with van der Waals surface area (Å²) in [7, 11) is 0. The van der Waals surface area contributed by atoms with Crippen LogP contribution in [-0.4, -0.2) is 25.8 Å². The van der Waals surface area contributed by atoms with Gasteiger partial charge in [-0.25, -0.2) is 9.97 Å². The van der Waals surface area contributed by atoms with E-state index in [-0.39, 0.29) is 5.91 Å². The normalized spacial score (nSPS) is 10.6. The van der Waals surface area contributed by atoms with E-state index in [0.29, 0.717) is 22.9 Å². The molecule has 1 amide bonds. The number of aromatic nitrogens is 4. The van der Waals surface area contributed by atoms with Gasteiger partial charge in [0.05, 0.1) is 17.3 Å². The van der Waals surface area contributed by atoms with Gasteiger partial charge in [-0.2, -0.15) is 5.26 Å². The van der Waals surface area contributed by atoms with Crippen molar-refractivity contribution < 1.29 is 4.79 Å². The Morgan fingerprint density at radius 1 is 1.06 bits per heavy atom. The number of nitrogens with one attached hydrogen (secondary N) is 3. The Hall–Kier alpha value is -5.03. The van der Waals surface area contributed by atoms with E-state index in [1.54, 1.807) is 36.8 Å². The summed E-state index contributed by atoms with van der Waals surface area (Å²) in [6, 6.07) is 20.3. The number of pyridine rings is 1. The van der Waals surface area contributed by atoms with Crippen molar-refractivity contribution in [1.82, 2.24) is 19.9 Å². The van der Waals surface area contributed by atoms with E-state index in [0.717, 1.165) is 33.4 Å². The number of carbonyl (C=O) groups is 1. The monoisotopic (exact) mass is 445 g/mol. The molecule has 3 aromatic heterocycles. The molecule has 0 atom stereocenters. The SMILES string of the molecule is Cc1ccc(NC(=O)c2cc3ccc(C#N)cc3[nH]2)cc1Nc1nccc(-c2cccnc2)n1. The first-order valence-corrected chi connectivity index (χ1v) is 10.5. The summed E-state index contributed by atoms with van der Waals surface area (Å²) in [6.07, 6.45) is 5.15. The fraction of sp³-hybridized carbons (Fsp3) is 0.0385. The minimum Gasteiger partial charge on any atom is -0.350 e. The van der Waals surface area contributed by atoms with Gasteiger partial charge in [0.25, 0.3) is 5.91 Å². The third kappa shape index (κ3) is 4.31. The number of carbonyl (C=O) groups excluding carboxylic acids is 1. The molecule has 3 N–H and O–H groups in total. The van der Waals surface area contributed by atoms with E-state index in [1.807, 2.05) is 49.4 Å². The molecule has 0 aliphatic carbocycles. The number of hydrogen-bond acceptors (Lipinski definition) is 6. The van der Waals surface area contributed by atoms with Crippen LogP contribution in [0.15, 0.2) is 79.3 Å². The van der Waals surface area contributed by atoms with Gasteiger partial charge >= 0.3 is 0 Å². The van der Waals surface area contributed by atoms with Gasteiger partial charge in [0.1, 0.15) is 5.69 Å². The van der Waals surface area contributed by atoms with Crippen LogP contribution in [0, 0.1) is 18.3 Å². The van der Waals surface area contributed by atoms with Crippen molar-refractivity contribution in [3.8, 4) is 17.3 Å². The molecule has 0 radical (unpaired) electrons. The van der Waals surface area contributed by atoms with Crippen molar-refractivity contribution in [2.24, 2.45) is 0 Å². The molecule has 0 fully saturated rings. The number of fused-ring (bicyclic) bond motifs is 1.